The fourth-order valence-electron chi connectivity index (χ4n) is 1.63. The lowest BCUT2D eigenvalue weighted by Gasteiger charge is -2.32. The zero-order valence-corrected chi connectivity index (χ0v) is 17.1. The summed E-state index contributed by atoms with van der Waals surface area (Å²) in [5.41, 5.74) is 1.02. The van der Waals surface area contributed by atoms with E-state index in [0.29, 0.717) is 4.90 Å². The molecule has 0 aliphatic rings. The molecule has 0 spiro atoms. The highest BCUT2D eigenvalue weighted by atomic mass is 35.7. The van der Waals surface area contributed by atoms with E-state index in [2.05, 4.69) is 50.1 Å². The zero-order chi connectivity index (χ0) is 17.0. The molecule has 0 radical (unpaired) electrons. The molecule has 1 unspecified atom stereocenters. The van der Waals surface area contributed by atoms with E-state index in [9.17, 15) is 4.21 Å². The Labute approximate surface area is 141 Å². The summed E-state index contributed by atoms with van der Waals surface area (Å²) in [4.78, 5) is 0.597. The quantitative estimate of drug-likeness (QED) is 0.390. The van der Waals surface area contributed by atoms with E-state index in [-0.39, 0.29) is 5.04 Å². The summed E-state index contributed by atoms with van der Waals surface area (Å²) >= 11 is 0. The van der Waals surface area contributed by atoms with Gasteiger partial charge in [-0.3, -0.25) is 4.03 Å². The molecular formula is C16H29ClN2OSSi. The SMILES string of the molecule is CCCCNc1ccc(S(=O)(Cl)=N[Si](C)(C)C(C)(C)C)cc1. The molecule has 0 aromatic heterocycles. The Morgan fingerprint density at radius 2 is 1.77 bits per heavy atom. The third-order valence-corrected chi connectivity index (χ3v) is 12.6. The fraction of sp³-hybridized carbons (Fsp3) is 0.625. The first-order valence-corrected chi connectivity index (χ1v) is 13.1. The van der Waals surface area contributed by atoms with Crippen molar-refractivity contribution in [2.45, 2.75) is 63.6 Å². The van der Waals surface area contributed by atoms with E-state index in [1.54, 1.807) is 0 Å². The molecule has 126 valence electrons. The van der Waals surface area contributed by atoms with Gasteiger partial charge in [0.25, 0.3) is 0 Å². The van der Waals surface area contributed by atoms with Crippen molar-refractivity contribution in [3.05, 3.63) is 24.3 Å². The van der Waals surface area contributed by atoms with Gasteiger partial charge in [-0.05, 0) is 48.8 Å². The van der Waals surface area contributed by atoms with Crippen molar-refractivity contribution in [2.75, 3.05) is 11.9 Å². The minimum Gasteiger partial charge on any atom is -0.385 e. The lowest BCUT2D eigenvalue weighted by atomic mass is 10.2. The molecule has 0 aliphatic carbocycles. The molecular weight excluding hydrogens is 332 g/mol. The Morgan fingerprint density at radius 1 is 1.23 bits per heavy atom. The van der Waals surface area contributed by atoms with E-state index >= 15 is 0 Å². The number of nitrogens with one attached hydrogen (secondary N) is 1. The van der Waals surface area contributed by atoms with E-state index < -0.39 is 17.2 Å². The Morgan fingerprint density at radius 3 is 2.23 bits per heavy atom. The van der Waals surface area contributed by atoms with Gasteiger partial charge in [0.2, 0.25) is 0 Å². The van der Waals surface area contributed by atoms with E-state index in [4.69, 9.17) is 10.7 Å². The average molecular weight is 361 g/mol. The van der Waals surface area contributed by atoms with Gasteiger partial charge in [0.15, 0.2) is 17.2 Å². The second-order valence-electron chi connectivity index (χ2n) is 7.16. The van der Waals surface area contributed by atoms with Crippen molar-refractivity contribution >= 4 is 33.5 Å². The number of benzene rings is 1. The second-order valence-corrected chi connectivity index (χ2v) is 15.2. The molecule has 0 bridgehead atoms. The van der Waals surface area contributed by atoms with Crippen LogP contribution in [0.5, 0.6) is 0 Å². The number of anilines is 1. The molecule has 1 aromatic rings. The van der Waals surface area contributed by atoms with Crippen LogP contribution in [0.15, 0.2) is 33.2 Å². The van der Waals surface area contributed by atoms with Crippen molar-refractivity contribution in [1.29, 1.82) is 0 Å². The number of nitrogens with zero attached hydrogens (tertiary/aromatic N) is 1. The van der Waals surface area contributed by atoms with Crippen molar-refractivity contribution < 1.29 is 4.21 Å². The summed E-state index contributed by atoms with van der Waals surface area (Å²) in [6.45, 7) is 13.7. The van der Waals surface area contributed by atoms with Crippen molar-refractivity contribution in [3.63, 3.8) is 0 Å². The molecule has 22 heavy (non-hydrogen) atoms. The largest absolute Gasteiger partial charge is 0.385 e. The Balaban J connectivity index is 3.01. The number of unbranched alkanes of at least 4 members (excludes halogenated alkanes) is 1. The molecule has 1 aromatic carbocycles. The molecule has 0 saturated carbocycles. The first-order chi connectivity index (χ1) is 9.99. The molecule has 1 N–H and O–H groups in total. The minimum atomic E-state index is -2.86. The topological polar surface area (TPSA) is 41.5 Å². The third-order valence-electron chi connectivity index (χ3n) is 4.19. The summed E-state index contributed by atoms with van der Waals surface area (Å²) in [6, 6.07) is 7.49. The fourth-order valence-corrected chi connectivity index (χ4v) is 7.83. The van der Waals surface area contributed by atoms with Crippen molar-refractivity contribution in [2.24, 2.45) is 4.03 Å². The summed E-state index contributed by atoms with van der Waals surface area (Å²) in [6.07, 6.45) is 2.29. The summed E-state index contributed by atoms with van der Waals surface area (Å²) in [7, 11) is 1.38. The predicted molar refractivity (Wildman–Crippen MR) is 102 cm³/mol. The lowest BCUT2D eigenvalue weighted by Crippen LogP contribution is -2.35. The Bertz CT molecular complexity index is 600. The lowest BCUT2D eigenvalue weighted by molar-refractivity contribution is 0.683. The van der Waals surface area contributed by atoms with Crippen LogP contribution in [0.25, 0.3) is 0 Å². The van der Waals surface area contributed by atoms with Gasteiger partial charge in [0.1, 0.15) is 0 Å². The molecule has 0 heterocycles. The van der Waals surface area contributed by atoms with E-state index in [1.807, 2.05) is 24.3 Å². The van der Waals surface area contributed by atoms with E-state index in [0.717, 1.165) is 25.1 Å². The monoisotopic (exact) mass is 360 g/mol. The van der Waals surface area contributed by atoms with Gasteiger partial charge < -0.3 is 5.32 Å². The van der Waals surface area contributed by atoms with Crippen LogP contribution in [-0.2, 0) is 8.94 Å². The molecule has 1 atom stereocenters. The number of hydrogen-bond acceptors (Lipinski definition) is 3. The van der Waals surface area contributed by atoms with Crippen LogP contribution in [-0.4, -0.2) is 19.0 Å². The van der Waals surface area contributed by atoms with Gasteiger partial charge in [0, 0.05) is 22.9 Å². The summed E-state index contributed by atoms with van der Waals surface area (Å²) in [5, 5.41) is 3.36. The Kier molecular flexibility index (Phi) is 6.54. The van der Waals surface area contributed by atoms with Crippen LogP contribution >= 0.6 is 10.7 Å². The smallest absolute Gasteiger partial charge is 0.194 e. The maximum absolute atomic E-state index is 12.8. The average Bonchev–Trinajstić information content (AvgIpc) is 2.37. The van der Waals surface area contributed by atoms with Crippen LogP contribution in [0.3, 0.4) is 0 Å². The highest BCUT2D eigenvalue weighted by Crippen LogP contribution is 2.39. The first kappa shape index (κ1) is 19.5. The highest BCUT2D eigenvalue weighted by molar-refractivity contribution is 8.16. The van der Waals surface area contributed by atoms with E-state index in [1.165, 1.54) is 0 Å². The van der Waals surface area contributed by atoms with Gasteiger partial charge in [-0.1, -0.05) is 34.1 Å². The molecule has 6 heteroatoms. The molecule has 1 rings (SSSR count). The minimum absolute atomic E-state index is 0.0200. The highest BCUT2D eigenvalue weighted by Gasteiger charge is 2.37. The van der Waals surface area contributed by atoms with Gasteiger partial charge in [-0.15, -0.1) is 0 Å². The molecule has 0 fully saturated rings. The number of hydrogen-bond donors (Lipinski definition) is 1. The van der Waals surface area contributed by atoms with Crippen LogP contribution in [0.1, 0.15) is 40.5 Å². The maximum atomic E-state index is 12.8. The van der Waals surface area contributed by atoms with Gasteiger partial charge >= 0.3 is 0 Å². The normalized spacial score (nSPS) is 15.2. The van der Waals surface area contributed by atoms with Gasteiger partial charge in [-0.25, -0.2) is 4.21 Å². The molecule has 0 aliphatic heterocycles. The Hall–Kier alpha value is -0.523. The van der Waals surface area contributed by atoms with Crippen molar-refractivity contribution in [3.8, 4) is 0 Å². The molecule has 0 saturated heterocycles. The molecule has 0 amide bonds. The van der Waals surface area contributed by atoms with Crippen LogP contribution in [0.2, 0.25) is 18.1 Å². The van der Waals surface area contributed by atoms with Gasteiger partial charge in [-0.2, -0.15) is 0 Å². The van der Waals surface area contributed by atoms with Crippen LogP contribution in [0, 0.1) is 0 Å². The molecule has 3 nitrogen and oxygen atoms in total. The van der Waals surface area contributed by atoms with Crippen LogP contribution in [0.4, 0.5) is 5.69 Å². The maximum Gasteiger partial charge on any atom is 0.194 e. The first-order valence-electron chi connectivity index (χ1n) is 7.81. The second kappa shape index (κ2) is 7.36. The number of rotatable bonds is 6. The van der Waals surface area contributed by atoms with Crippen LogP contribution < -0.4 is 5.32 Å². The number of halogens is 1. The third kappa shape index (κ3) is 5.28. The summed E-state index contributed by atoms with van der Waals surface area (Å²) in [5.74, 6) is 0. The summed E-state index contributed by atoms with van der Waals surface area (Å²) < 4.78 is 17.4. The van der Waals surface area contributed by atoms with Gasteiger partial charge in [0.05, 0.1) is 4.90 Å². The van der Waals surface area contributed by atoms with Crippen molar-refractivity contribution in [1.82, 2.24) is 0 Å². The predicted octanol–water partition coefficient (Wildman–Crippen LogP) is 5.88. The zero-order valence-electron chi connectivity index (χ0n) is 14.6. The standard InChI is InChI=1S/C16H29ClN2OSSi/c1-7-8-13-18-14-9-11-15(12-10-14)21(17,20)19-22(5,6)16(2,3)4/h9-12,18H,7-8,13H2,1-6H3.